The van der Waals surface area contributed by atoms with Crippen molar-refractivity contribution in [3.05, 3.63) is 30.1 Å². The van der Waals surface area contributed by atoms with E-state index in [9.17, 15) is 4.79 Å². The summed E-state index contributed by atoms with van der Waals surface area (Å²) in [5, 5.41) is 0. The molecule has 13 heavy (non-hydrogen) atoms. The lowest BCUT2D eigenvalue weighted by molar-refractivity contribution is -0.133. The minimum absolute atomic E-state index is 0.250. The zero-order valence-electron chi connectivity index (χ0n) is 7.49. The molecule has 0 saturated heterocycles. The van der Waals surface area contributed by atoms with Crippen LogP contribution >= 0.6 is 0 Å². The predicted octanol–water partition coefficient (Wildman–Crippen LogP) is 1.45. The lowest BCUT2D eigenvalue weighted by Crippen LogP contribution is -2.12. The number of esters is 1. The van der Waals surface area contributed by atoms with E-state index in [0.29, 0.717) is 5.57 Å². The van der Waals surface area contributed by atoms with Gasteiger partial charge in [-0.05, 0) is 18.6 Å². The van der Waals surface area contributed by atoms with Crippen LogP contribution in [0.4, 0.5) is 0 Å². The largest absolute Gasteiger partial charge is 0.465 e. The van der Waals surface area contributed by atoms with Crippen LogP contribution in [-0.2, 0) is 16.1 Å². The van der Waals surface area contributed by atoms with Gasteiger partial charge in [-0.25, -0.2) is 4.79 Å². The van der Waals surface area contributed by atoms with Crippen molar-refractivity contribution in [3.63, 3.8) is 0 Å². The van der Waals surface area contributed by atoms with Crippen LogP contribution in [0.2, 0.25) is 0 Å². The Morgan fingerprint density at radius 1 is 1.62 bits per heavy atom. The molecular weight excluding hydrogens is 166 g/mol. The van der Waals surface area contributed by atoms with E-state index >= 15 is 0 Å². The van der Waals surface area contributed by atoms with Crippen molar-refractivity contribution in [2.24, 2.45) is 0 Å². The maximum Gasteiger partial charge on any atom is 0.339 e. The molecule has 0 amide bonds. The highest BCUT2D eigenvalue weighted by molar-refractivity contribution is 6.16. The molecule has 1 aliphatic heterocycles. The first kappa shape index (κ1) is 8.10. The van der Waals surface area contributed by atoms with E-state index in [1.54, 1.807) is 0 Å². The van der Waals surface area contributed by atoms with E-state index in [2.05, 4.69) is 4.57 Å². The molecule has 68 valence electrons. The highest BCUT2D eigenvalue weighted by Gasteiger charge is 2.18. The maximum absolute atomic E-state index is 11.3. The van der Waals surface area contributed by atoms with Crippen LogP contribution in [0.15, 0.2) is 24.4 Å². The van der Waals surface area contributed by atoms with E-state index in [-0.39, 0.29) is 5.97 Å². The zero-order valence-corrected chi connectivity index (χ0v) is 7.49. The van der Waals surface area contributed by atoms with Crippen molar-refractivity contribution in [2.75, 3.05) is 7.11 Å². The number of ether oxygens (including phenoxy) is 1. The Labute approximate surface area is 76.6 Å². The number of carbonyl (C=O) groups excluding carboxylic acids is 1. The number of allylic oxidation sites excluding steroid dienone is 1. The Kier molecular flexibility index (Phi) is 1.93. The lowest BCUT2D eigenvalue weighted by Gasteiger charge is -2.14. The molecule has 1 aromatic rings. The molecule has 0 saturated carbocycles. The van der Waals surface area contributed by atoms with Crippen molar-refractivity contribution in [1.82, 2.24) is 4.57 Å². The van der Waals surface area contributed by atoms with Gasteiger partial charge >= 0.3 is 5.97 Å². The Hall–Kier alpha value is -1.51. The van der Waals surface area contributed by atoms with Crippen LogP contribution in [-0.4, -0.2) is 17.6 Å². The number of aromatic nitrogens is 1. The number of carbonyl (C=O) groups is 1. The summed E-state index contributed by atoms with van der Waals surface area (Å²) in [4.78, 5) is 11.3. The summed E-state index contributed by atoms with van der Waals surface area (Å²) in [5.41, 5.74) is 1.64. The molecular formula is C10H11NO2. The summed E-state index contributed by atoms with van der Waals surface area (Å²) >= 11 is 0. The lowest BCUT2D eigenvalue weighted by atomic mass is 10.1. The van der Waals surface area contributed by atoms with Gasteiger partial charge in [0.15, 0.2) is 0 Å². The number of hydrogen-bond donors (Lipinski definition) is 0. The van der Waals surface area contributed by atoms with Crippen LogP contribution < -0.4 is 0 Å². The molecule has 1 aromatic heterocycles. The van der Waals surface area contributed by atoms with Gasteiger partial charge in [0.2, 0.25) is 0 Å². The van der Waals surface area contributed by atoms with Crippen LogP contribution in [0.25, 0.3) is 5.57 Å². The second kappa shape index (κ2) is 3.09. The van der Waals surface area contributed by atoms with Gasteiger partial charge in [-0.2, -0.15) is 0 Å². The molecule has 2 rings (SSSR count). The van der Waals surface area contributed by atoms with Gasteiger partial charge in [0.05, 0.1) is 18.4 Å². The topological polar surface area (TPSA) is 31.2 Å². The van der Waals surface area contributed by atoms with Crippen molar-refractivity contribution in [3.8, 4) is 0 Å². The van der Waals surface area contributed by atoms with Gasteiger partial charge in [0.25, 0.3) is 0 Å². The Morgan fingerprint density at radius 2 is 2.46 bits per heavy atom. The molecule has 2 heterocycles. The number of aryl methyl sites for hydroxylation is 1. The molecule has 0 N–H and O–H groups in total. The minimum atomic E-state index is -0.250. The second-order valence-electron chi connectivity index (χ2n) is 2.98. The first-order valence-electron chi connectivity index (χ1n) is 4.27. The average molecular weight is 177 g/mol. The van der Waals surface area contributed by atoms with Crippen molar-refractivity contribution in [2.45, 2.75) is 13.0 Å². The second-order valence-corrected chi connectivity index (χ2v) is 2.98. The third-order valence-corrected chi connectivity index (χ3v) is 2.23. The van der Waals surface area contributed by atoms with E-state index in [1.807, 2.05) is 24.4 Å². The standard InChI is InChI=1S/C10H11NO2/c1-13-10(12)8-4-2-6-11-7-3-5-9(8)11/h3-5,7H,2,6H2,1H3. The Bertz CT molecular complexity index is 363. The van der Waals surface area contributed by atoms with Crippen LogP contribution in [0.3, 0.4) is 0 Å². The summed E-state index contributed by atoms with van der Waals surface area (Å²) < 4.78 is 6.76. The third kappa shape index (κ3) is 1.26. The molecule has 0 atom stereocenters. The molecule has 0 radical (unpaired) electrons. The monoisotopic (exact) mass is 177 g/mol. The number of fused-ring (bicyclic) bond motifs is 1. The van der Waals surface area contributed by atoms with Crippen molar-refractivity contribution in [1.29, 1.82) is 0 Å². The SMILES string of the molecule is COC(=O)C1=CCCn2cccc21. The smallest absolute Gasteiger partial charge is 0.339 e. The summed E-state index contributed by atoms with van der Waals surface area (Å²) in [7, 11) is 1.41. The number of hydrogen-bond acceptors (Lipinski definition) is 2. The molecule has 0 aliphatic carbocycles. The molecule has 3 heteroatoms. The van der Waals surface area contributed by atoms with E-state index < -0.39 is 0 Å². The first-order chi connectivity index (χ1) is 6.33. The van der Waals surface area contributed by atoms with E-state index in [1.165, 1.54) is 7.11 Å². The molecule has 0 unspecified atom stereocenters. The number of rotatable bonds is 1. The maximum atomic E-state index is 11.3. The zero-order chi connectivity index (χ0) is 9.26. The van der Waals surface area contributed by atoms with Gasteiger partial charge in [0, 0.05) is 12.7 Å². The Morgan fingerprint density at radius 3 is 3.23 bits per heavy atom. The van der Waals surface area contributed by atoms with Crippen molar-refractivity contribution >= 4 is 11.5 Å². The van der Waals surface area contributed by atoms with Gasteiger partial charge in [-0.1, -0.05) is 6.08 Å². The number of methoxy groups -OCH3 is 1. The minimum Gasteiger partial charge on any atom is -0.465 e. The first-order valence-corrected chi connectivity index (χ1v) is 4.27. The van der Waals surface area contributed by atoms with E-state index in [0.717, 1.165) is 18.7 Å². The number of nitrogens with zero attached hydrogens (tertiary/aromatic N) is 1. The van der Waals surface area contributed by atoms with Gasteiger partial charge in [-0.15, -0.1) is 0 Å². The van der Waals surface area contributed by atoms with E-state index in [4.69, 9.17) is 4.74 Å². The van der Waals surface area contributed by atoms with Gasteiger partial charge in [0.1, 0.15) is 0 Å². The summed E-state index contributed by atoms with van der Waals surface area (Å²) in [6.45, 7) is 0.947. The highest BCUT2D eigenvalue weighted by Crippen LogP contribution is 2.22. The molecule has 0 aromatic carbocycles. The molecule has 0 bridgehead atoms. The Balaban J connectivity index is 2.41. The summed E-state index contributed by atoms with van der Waals surface area (Å²) in [5.74, 6) is -0.250. The molecule has 0 spiro atoms. The molecule has 0 fully saturated rings. The fourth-order valence-electron chi connectivity index (χ4n) is 1.60. The van der Waals surface area contributed by atoms with Crippen LogP contribution in [0.1, 0.15) is 12.1 Å². The fraction of sp³-hybridized carbons (Fsp3) is 0.300. The summed E-state index contributed by atoms with van der Waals surface area (Å²) in [6.07, 6.45) is 4.80. The third-order valence-electron chi connectivity index (χ3n) is 2.23. The summed E-state index contributed by atoms with van der Waals surface area (Å²) in [6, 6.07) is 3.87. The molecule has 1 aliphatic rings. The van der Waals surface area contributed by atoms with Gasteiger partial charge < -0.3 is 9.30 Å². The van der Waals surface area contributed by atoms with Crippen LogP contribution in [0.5, 0.6) is 0 Å². The molecule has 3 nitrogen and oxygen atoms in total. The highest BCUT2D eigenvalue weighted by atomic mass is 16.5. The average Bonchev–Trinajstić information content (AvgIpc) is 2.63. The predicted molar refractivity (Wildman–Crippen MR) is 49.0 cm³/mol. The van der Waals surface area contributed by atoms with Gasteiger partial charge in [-0.3, -0.25) is 0 Å². The fourth-order valence-corrected chi connectivity index (χ4v) is 1.60. The van der Waals surface area contributed by atoms with Crippen LogP contribution in [0, 0.1) is 0 Å². The normalized spacial score (nSPS) is 14.7. The quantitative estimate of drug-likeness (QED) is 0.608. The van der Waals surface area contributed by atoms with Crippen molar-refractivity contribution < 1.29 is 9.53 Å².